The van der Waals surface area contributed by atoms with E-state index in [4.69, 9.17) is 15.7 Å². The second-order valence-electron chi connectivity index (χ2n) is 4.25. The number of rotatable bonds is 2. The van der Waals surface area contributed by atoms with Crippen LogP contribution in [0.25, 0.3) is 0 Å². The Kier molecular flexibility index (Phi) is 2.66. The average Bonchev–Trinajstić information content (AvgIpc) is 2.21. The van der Waals surface area contributed by atoms with Crippen LogP contribution in [-0.2, 0) is 4.74 Å². The van der Waals surface area contributed by atoms with E-state index in [-0.39, 0.29) is 5.82 Å². The summed E-state index contributed by atoms with van der Waals surface area (Å²) in [5.74, 6) is -0.258. The molecule has 1 heterocycles. The van der Waals surface area contributed by atoms with Crippen molar-refractivity contribution < 1.29 is 9.13 Å². The third kappa shape index (κ3) is 1.58. The van der Waals surface area contributed by atoms with Gasteiger partial charge in [-0.05, 0) is 24.1 Å². The lowest BCUT2D eigenvalue weighted by atomic mass is 9.77. The molecular weight excluding hydrogens is 207 g/mol. The molecule has 1 aliphatic heterocycles. The molecule has 0 amide bonds. The van der Waals surface area contributed by atoms with Gasteiger partial charge in [0.2, 0.25) is 0 Å². The fraction of sp³-hybridized carbons (Fsp3) is 0.417. The molecule has 2 N–H and O–H groups in total. The Bertz CT molecular complexity index is 449. The molecular formula is C12H13FN2O. The van der Waals surface area contributed by atoms with E-state index in [1.165, 1.54) is 6.07 Å². The summed E-state index contributed by atoms with van der Waals surface area (Å²) in [6, 6.07) is 6.48. The van der Waals surface area contributed by atoms with Crippen LogP contribution in [0.4, 0.5) is 4.39 Å². The fourth-order valence-electron chi connectivity index (χ4n) is 1.82. The maximum Gasteiger partial charge on any atom is 0.126 e. The Morgan fingerprint density at radius 2 is 2.25 bits per heavy atom. The van der Waals surface area contributed by atoms with E-state index in [1.54, 1.807) is 19.1 Å². The van der Waals surface area contributed by atoms with Crippen molar-refractivity contribution in [2.24, 2.45) is 11.1 Å². The van der Waals surface area contributed by atoms with Gasteiger partial charge in [0, 0.05) is 0 Å². The normalized spacial score (nSPS) is 19.6. The van der Waals surface area contributed by atoms with Gasteiger partial charge in [0.25, 0.3) is 0 Å². The molecule has 0 bridgehead atoms. The van der Waals surface area contributed by atoms with Crippen LogP contribution >= 0.6 is 0 Å². The molecule has 1 aromatic carbocycles. The standard InChI is InChI=1S/C12H13FN2O/c1-8-4-9(2-3-10(8)13)11(15)12(5-14)6-16-7-12/h2-4,11H,6-7,15H2,1H3. The van der Waals surface area contributed by atoms with Crippen LogP contribution in [0.3, 0.4) is 0 Å². The van der Waals surface area contributed by atoms with Crippen molar-refractivity contribution in [3.63, 3.8) is 0 Å². The van der Waals surface area contributed by atoms with Crippen molar-refractivity contribution in [2.75, 3.05) is 13.2 Å². The fourth-order valence-corrected chi connectivity index (χ4v) is 1.82. The van der Waals surface area contributed by atoms with Gasteiger partial charge in [0.1, 0.15) is 11.2 Å². The van der Waals surface area contributed by atoms with E-state index >= 15 is 0 Å². The monoisotopic (exact) mass is 220 g/mol. The summed E-state index contributed by atoms with van der Waals surface area (Å²) in [5.41, 5.74) is 6.72. The minimum Gasteiger partial charge on any atom is -0.378 e. The Hall–Kier alpha value is -1.44. The van der Waals surface area contributed by atoms with Crippen LogP contribution in [0.1, 0.15) is 17.2 Å². The van der Waals surface area contributed by atoms with Gasteiger partial charge in [0.05, 0.1) is 25.3 Å². The van der Waals surface area contributed by atoms with Gasteiger partial charge in [-0.3, -0.25) is 0 Å². The molecule has 1 unspecified atom stereocenters. The van der Waals surface area contributed by atoms with Gasteiger partial charge < -0.3 is 10.5 Å². The number of nitrogens with zero attached hydrogens (tertiary/aromatic N) is 1. The summed E-state index contributed by atoms with van der Waals surface area (Å²) in [5, 5.41) is 9.11. The smallest absolute Gasteiger partial charge is 0.126 e. The maximum absolute atomic E-state index is 13.1. The van der Waals surface area contributed by atoms with Crippen LogP contribution in [0, 0.1) is 29.5 Å². The number of nitriles is 1. The van der Waals surface area contributed by atoms with E-state index in [1.807, 2.05) is 0 Å². The van der Waals surface area contributed by atoms with E-state index in [9.17, 15) is 4.39 Å². The van der Waals surface area contributed by atoms with E-state index in [0.717, 1.165) is 5.56 Å². The highest BCUT2D eigenvalue weighted by molar-refractivity contribution is 5.30. The first-order chi connectivity index (χ1) is 7.59. The summed E-state index contributed by atoms with van der Waals surface area (Å²) in [4.78, 5) is 0. The highest BCUT2D eigenvalue weighted by Crippen LogP contribution is 2.38. The number of hydrogen-bond acceptors (Lipinski definition) is 3. The number of halogens is 1. The molecule has 84 valence electrons. The molecule has 4 heteroatoms. The number of hydrogen-bond donors (Lipinski definition) is 1. The largest absolute Gasteiger partial charge is 0.378 e. The summed E-state index contributed by atoms with van der Waals surface area (Å²) >= 11 is 0. The second kappa shape index (κ2) is 3.85. The van der Waals surface area contributed by atoms with Crippen molar-refractivity contribution in [3.8, 4) is 6.07 Å². The lowest BCUT2D eigenvalue weighted by molar-refractivity contribution is -0.0910. The van der Waals surface area contributed by atoms with Crippen molar-refractivity contribution in [2.45, 2.75) is 13.0 Å². The van der Waals surface area contributed by atoms with E-state index in [2.05, 4.69) is 6.07 Å². The van der Waals surface area contributed by atoms with Gasteiger partial charge in [-0.15, -0.1) is 0 Å². The van der Waals surface area contributed by atoms with Crippen LogP contribution in [0.15, 0.2) is 18.2 Å². The second-order valence-corrected chi connectivity index (χ2v) is 4.25. The number of ether oxygens (including phenoxy) is 1. The van der Waals surface area contributed by atoms with Crippen LogP contribution in [0.2, 0.25) is 0 Å². The molecule has 0 spiro atoms. The highest BCUT2D eigenvalue weighted by atomic mass is 19.1. The summed E-state index contributed by atoms with van der Waals surface area (Å²) < 4.78 is 18.2. The van der Waals surface area contributed by atoms with E-state index in [0.29, 0.717) is 18.8 Å². The predicted molar refractivity (Wildman–Crippen MR) is 56.9 cm³/mol. The molecule has 3 nitrogen and oxygen atoms in total. The van der Waals surface area contributed by atoms with E-state index < -0.39 is 11.5 Å². The SMILES string of the molecule is Cc1cc(C(N)C2(C#N)COC2)ccc1F. The Morgan fingerprint density at radius 3 is 2.69 bits per heavy atom. The van der Waals surface area contributed by atoms with Gasteiger partial charge in [-0.25, -0.2) is 4.39 Å². The molecule has 1 aliphatic rings. The predicted octanol–water partition coefficient (Wildman–Crippen LogP) is 1.67. The van der Waals surface area contributed by atoms with Crippen LogP contribution < -0.4 is 5.73 Å². The third-order valence-corrected chi connectivity index (χ3v) is 3.08. The Morgan fingerprint density at radius 1 is 1.56 bits per heavy atom. The molecule has 1 saturated heterocycles. The first-order valence-corrected chi connectivity index (χ1v) is 5.10. The lowest BCUT2D eigenvalue weighted by Gasteiger charge is -2.39. The lowest BCUT2D eigenvalue weighted by Crippen LogP contribution is -2.49. The van der Waals surface area contributed by atoms with Gasteiger partial charge in [0.15, 0.2) is 0 Å². The molecule has 0 aliphatic carbocycles. The Labute approximate surface area is 93.6 Å². The molecule has 16 heavy (non-hydrogen) atoms. The number of benzene rings is 1. The summed E-state index contributed by atoms with van der Waals surface area (Å²) in [6.07, 6.45) is 0. The average molecular weight is 220 g/mol. The summed E-state index contributed by atoms with van der Waals surface area (Å²) in [7, 11) is 0. The topological polar surface area (TPSA) is 59.0 Å². The zero-order chi connectivity index (χ0) is 11.8. The molecule has 0 aromatic heterocycles. The van der Waals surface area contributed by atoms with Gasteiger partial charge in [-0.2, -0.15) is 5.26 Å². The number of nitrogens with two attached hydrogens (primary N) is 1. The zero-order valence-corrected chi connectivity index (χ0v) is 9.03. The van der Waals surface area contributed by atoms with Crippen molar-refractivity contribution in [1.29, 1.82) is 5.26 Å². The van der Waals surface area contributed by atoms with Crippen molar-refractivity contribution >= 4 is 0 Å². The van der Waals surface area contributed by atoms with Crippen LogP contribution in [0.5, 0.6) is 0 Å². The quantitative estimate of drug-likeness (QED) is 0.824. The Balaban J connectivity index is 2.31. The minimum absolute atomic E-state index is 0.258. The van der Waals surface area contributed by atoms with Crippen LogP contribution in [-0.4, -0.2) is 13.2 Å². The molecule has 0 radical (unpaired) electrons. The van der Waals surface area contributed by atoms with Gasteiger partial charge in [-0.1, -0.05) is 12.1 Å². The van der Waals surface area contributed by atoms with Crippen molar-refractivity contribution in [3.05, 3.63) is 35.1 Å². The highest BCUT2D eigenvalue weighted by Gasteiger charge is 2.45. The third-order valence-electron chi connectivity index (χ3n) is 3.08. The molecule has 0 saturated carbocycles. The number of aryl methyl sites for hydroxylation is 1. The molecule has 1 atom stereocenters. The first-order valence-electron chi connectivity index (χ1n) is 5.10. The maximum atomic E-state index is 13.1. The molecule has 1 aromatic rings. The van der Waals surface area contributed by atoms with Crippen molar-refractivity contribution in [1.82, 2.24) is 0 Å². The summed E-state index contributed by atoms with van der Waals surface area (Å²) in [6.45, 7) is 2.38. The first kappa shape index (κ1) is 11.1. The minimum atomic E-state index is -0.649. The molecule has 2 rings (SSSR count). The zero-order valence-electron chi connectivity index (χ0n) is 9.03. The van der Waals surface area contributed by atoms with Gasteiger partial charge >= 0.3 is 0 Å². The molecule has 1 fully saturated rings.